The van der Waals surface area contributed by atoms with Gasteiger partial charge in [-0.1, -0.05) is 18.5 Å². The van der Waals surface area contributed by atoms with Gasteiger partial charge in [0.2, 0.25) is 0 Å². The van der Waals surface area contributed by atoms with Gasteiger partial charge in [-0.3, -0.25) is 19.3 Å². The van der Waals surface area contributed by atoms with Crippen LogP contribution in [0.15, 0.2) is 17.0 Å². The van der Waals surface area contributed by atoms with Crippen LogP contribution in [-0.2, 0) is 14.3 Å². The highest BCUT2D eigenvalue weighted by Crippen LogP contribution is 2.39. The molecule has 0 bridgehead atoms. The highest BCUT2D eigenvalue weighted by atomic mass is 35.5. The fourth-order valence-corrected chi connectivity index (χ4v) is 3.45. The number of halogens is 1. The summed E-state index contributed by atoms with van der Waals surface area (Å²) >= 11 is 7.08. The molecule has 1 saturated heterocycles. The van der Waals surface area contributed by atoms with Gasteiger partial charge in [-0.15, -0.1) is 0 Å². The summed E-state index contributed by atoms with van der Waals surface area (Å²) in [6.45, 7) is 5.32. The summed E-state index contributed by atoms with van der Waals surface area (Å²) in [4.78, 5) is 37.2. The molecule has 1 aliphatic heterocycles. The van der Waals surface area contributed by atoms with Crippen molar-refractivity contribution < 1.29 is 28.6 Å². The zero-order chi connectivity index (χ0) is 20.8. The molecule has 0 unspecified atom stereocenters. The number of carbonyl (C=O) groups is 3. The molecule has 0 aliphatic carbocycles. The van der Waals surface area contributed by atoms with E-state index in [1.165, 1.54) is 13.2 Å². The van der Waals surface area contributed by atoms with Gasteiger partial charge < -0.3 is 14.2 Å². The van der Waals surface area contributed by atoms with Crippen LogP contribution in [0.2, 0.25) is 5.02 Å². The van der Waals surface area contributed by atoms with Crippen molar-refractivity contribution in [2.24, 2.45) is 0 Å². The van der Waals surface area contributed by atoms with Gasteiger partial charge in [-0.2, -0.15) is 0 Å². The highest BCUT2D eigenvalue weighted by Gasteiger charge is 2.36. The molecule has 1 heterocycles. The van der Waals surface area contributed by atoms with Crippen LogP contribution >= 0.6 is 23.4 Å². The molecule has 1 aromatic rings. The molecule has 1 aliphatic rings. The summed E-state index contributed by atoms with van der Waals surface area (Å²) in [6, 6.07) is 3.30. The number of benzene rings is 1. The molecule has 2 rings (SSSR count). The molecule has 1 aromatic carbocycles. The second-order valence-corrected chi connectivity index (χ2v) is 7.34. The van der Waals surface area contributed by atoms with Crippen molar-refractivity contribution in [2.45, 2.75) is 33.3 Å². The summed E-state index contributed by atoms with van der Waals surface area (Å²) < 4.78 is 15.9. The Labute approximate surface area is 172 Å². The van der Waals surface area contributed by atoms with E-state index in [1.807, 2.05) is 13.8 Å². The maximum atomic E-state index is 12.5. The SMILES string of the molecule is CCOC(=O)CN1C(=O)S/C(=C/c2cc(Cl)c(O[C@@H](C)CC)c(OC)c2)C1=O. The number of methoxy groups -OCH3 is 1. The minimum absolute atomic E-state index is 0.0448. The number of thioether (sulfide) groups is 1. The average Bonchev–Trinajstić information content (AvgIpc) is 2.91. The van der Waals surface area contributed by atoms with Crippen LogP contribution in [-0.4, -0.2) is 48.4 Å². The van der Waals surface area contributed by atoms with Crippen molar-refractivity contribution in [1.29, 1.82) is 0 Å². The van der Waals surface area contributed by atoms with E-state index < -0.39 is 23.7 Å². The monoisotopic (exact) mass is 427 g/mol. The van der Waals surface area contributed by atoms with Crippen molar-refractivity contribution in [3.05, 3.63) is 27.6 Å². The van der Waals surface area contributed by atoms with E-state index in [4.69, 9.17) is 25.8 Å². The van der Waals surface area contributed by atoms with Gasteiger partial charge in [0.1, 0.15) is 6.54 Å². The lowest BCUT2D eigenvalue weighted by molar-refractivity contribution is -0.145. The smallest absolute Gasteiger partial charge is 0.326 e. The summed E-state index contributed by atoms with van der Waals surface area (Å²) in [7, 11) is 1.49. The Morgan fingerprint density at radius 2 is 2.04 bits per heavy atom. The Kier molecular flexibility index (Phi) is 7.77. The second kappa shape index (κ2) is 9.84. The third-order valence-electron chi connectivity index (χ3n) is 3.91. The first kappa shape index (κ1) is 22.1. The van der Waals surface area contributed by atoms with E-state index in [0.29, 0.717) is 22.1 Å². The summed E-state index contributed by atoms with van der Waals surface area (Å²) in [6.07, 6.45) is 2.28. The summed E-state index contributed by atoms with van der Waals surface area (Å²) in [5.41, 5.74) is 0.569. The van der Waals surface area contributed by atoms with Gasteiger partial charge in [-0.25, -0.2) is 0 Å². The maximum absolute atomic E-state index is 12.5. The van der Waals surface area contributed by atoms with Crippen molar-refractivity contribution in [2.75, 3.05) is 20.3 Å². The van der Waals surface area contributed by atoms with Crippen LogP contribution in [0.1, 0.15) is 32.8 Å². The number of ether oxygens (including phenoxy) is 3. The molecule has 9 heteroatoms. The number of hydrogen-bond acceptors (Lipinski definition) is 7. The van der Waals surface area contributed by atoms with Gasteiger partial charge in [0.25, 0.3) is 11.1 Å². The largest absolute Gasteiger partial charge is 0.493 e. The van der Waals surface area contributed by atoms with Gasteiger partial charge >= 0.3 is 5.97 Å². The molecule has 28 heavy (non-hydrogen) atoms. The number of nitrogens with zero attached hydrogens (tertiary/aromatic N) is 1. The minimum Gasteiger partial charge on any atom is -0.493 e. The molecule has 1 atom stereocenters. The van der Waals surface area contributed by atoms with Crippen molar-refractivity contribution in [3.63, 3.8) is 0 Å². The van der Waals surface area contributed by atoms with E-state index in [9.17, 15) is 14.4 Å². The van der Waals surface area contributed by atoms with Crippen LogP contribution in [0, 0.1) is 0 Å². The van der Waals surface area contributed by atoms with Crippen LogP contribution in [0.4, 0.5) is 4.79 Å². The fraction of sp³-hybridized carbons (Fsp3) is 0.421. The molecule has 0 N–H and O–H groups in total. The lowest BCUT2D eigenvalue weighted by Crippen LogP contribution is -2.34. The number of rotatable bonds is 8. The van der Waals surface area contributed by atoms with Crippen molar-refractivity contribution in [1.82, 2.24) is 4.90 Å². The van der Waals surface area contributed by atoms with E-state index >= 15 is 0 Å². The normalized spacial score (nSPS) is 16.5. The third kappa shape index (κ3) is 5.20. The Hall–Kier alpha value is -2.19. The van der Waals surface area contributed by atoms with Crippen LogP contribution < -0.4 is 9.47 Å². The molecule has 0 radical (unpaired) electrons. The fourth-order valence-electron chi connectivity index (χ4n) is 2.35. The topological polar surface area (TPSA) is 82.1 Å². The predicted molar refractivity (Wildman–Crippen MR) is 108 cm³/mol. The number of amides is 2. The Morgan fingerprint density at radius 3 is 2.64 bits per heavy atom. The lowest BCUT2D eigenvalue weighted by Gasteiger charge is -2.17. The van der Waals surface area contributed by atoms with Crippen LogP contribution in [0.3, 0.4) is 0 Å². The van der Waals surface area contributed by atoms with Crippen LogP contribution in [0.5, 0.6) is 11.5 Å². The van der Waals surface area contributed by atoms with Gasteiger partial charge in [0, 0.05) is 0 Å². The Bertz CT molecular complexity index is 810. The molecular formula is C19H22ClNO6S. The second-order valence-electron chi connectivity index (χ2n) is 5.94. The molecule has 152 valence electrons. The predicted octanol–water partition coefficient (Wildman–Crippen LogP) is 4.13. The van der Waals surface area contributed by atoms with Gasteiger partial charge in [-0.05, 0) is 55.8 Å². The number of imide groups is 1. The summed E-state index contributed by atoms with van der Waals surface area (Å²) in [5.74, 6) is -0.351. The van der Waals surface area contributed by atoms with E-state index in [0.717, 1.165) is 23.1 Å². The van der Waals surface area contributed by atoms with E-state index in [1.54, 1.807) is 19.1 Å². The quantitative estimate of drug-likeness (QED) is 0.455. The van der Waals surface area contributed by atoms with Crippen molar-refractivity contribution in [3.8, 4) is 11.5 Å². The number of hydrogen-bond donors (Lipinski definition) is 0. The van der Waals surface area contributed by atoms with Crippen LogP contribution in [0.25, 0.3) is 6.08 Å². The van der Waals surface area contributed by atoms with E-state index in [2.05, 4.69) is 0 Å². The Balaban J connectivity index is 2.27. The molecular weight excluding hydrogens is 406 g/mol. The van der Waals surface area contributed by atoms with Gasteiger partial charge in [0.05, 0.1) is 29.7 Å². The molecule has 0 saturated carbocycles. The molecule has 2 amide bonds. The maximum Gasteiger partial charge on any atom is 0.326 e. The number of carbonyl (C=O) groups excluding carboxylic acids is 3. The first-order valence-electron chi connectivity index (χ1n) is 8.75. The zero-order valence-electron chi connectivity index (χ0n) is 16.1. The molecule has 1 fully saturated rings. The molecule has 0 spiro atoms. The standard InChI is InChI=1S/C19H22ClNO6S/c1-5-11(3)27-17-13(20)7-12(8-14(17)25-4)9-15-18(23)21(19(24)28-15)10-16(22)26-6-2/h7-9,11H,5-6,10H2,1-4H3/b15-9+/t11-/m0/s1. The Morgan fingerprint density at radius 1 is 1.32 bits per heavy atom. The number of esters is 1. The first-order chi connectivity index (χ1) is 13.3. The molecule has 0 aromatic heterocycles. The minimum atomic E-state index is -0.637. The summed E-state index contributed by atoms with van der Waals surface area (Å²) in [5, 5.41) is -0.198. The van der Waals surface area contributed by atoms with Gasteiger partial charge in [0.15, 0.2) is 11.5 Å². The molecule has 7 nitrogen and oxygen atoms in total. The van der Waals surface area contributed by atoms with Crippen molar-refractivity contribution >= 4 is 46.6 Å². The zero-order valence-corrected chi connectivity index (χ0v) is 17.7. The average molecular weight is 428 g/mol. The first-order valence-corrected chi connectivity index (χ1v) is 9.95. The highest BCUT2D eigenvalue weighted by molar-refractivity contribution is 8.18. The third-order valence-corrected chi connectivity index (χ3v) is 5.10. The lowest BCUT2D eigenvalue weighted by atomic mass is 10.1. The van der Waals surface area contributed by atoms with E-state index in [-0.39, 0.29) is 17.6 Å².